The molecule has 114 valence electrons. The molecule has 0 amide bonds. The molecule has 2 heterocycles. The molecule has 3 rings (SSSR count). The largest absolute Gasteiger partial charge is 0.479 e. The standard InChI is InChI=1S/C18H14N2O3/c21-17(18(22)23)15-3-1-2-14(12-4-8-19-9-5-12)16(15)13-6-10-20-11-7-13/h1-11,17,21H,(H,22,23). The Bertz CT molecular complexity index is 820. The number of aliphatic hydroxyl groups is 1. The predicted octanol–water partition coefficient (Wildman–Crippen LogP) is 2.93. The van der Waals surface area contributed by atoms with Gasteiger partial charge >= 0.3 is 5.97 Å². The zero-order valence-corrected chi connectivity index (χ0v) is 12.1. The number of pyridine rings is 2. The third-order valence-electron chi connectivity index (χ3n) is 3.59. The lowest BCUT2D eigenvalue weighted by molar-refractivity contribution is -0.146. The normalized spacial score (nSPS) is 11.9. The van der Waals surface area contributed by atoms with Crippen molar-refractivity contribution in [3.05, 3.63) is 72.8 Å². The van der Waals surface area contributed by atoms with E-state index in [1.165, 1.54) is 0 Å². The average molecular weight is 306 g/mol. The lowest BCUT2D eigenvalue weighted by Gasteiger charge is -2.17. The number of carbonyl (C=O) groups is 1. The minimum absolute atomic E-state index is 0.345. The number of nitrogens with zero attached hydrogens (tertiary/aromatic N) is 2. The molecule has 1 atom stereocenters. The summed E-state index contributed by atoms with van der Waals surface area (Å²) < 4.78 is 0. The van der Waals surface area contributed by atoms with Crippen LogP contribution in [0.1, 0.15) is 11.7 Å². The van der Waals surface area contributed by atoms with Crippen molar-refractivity contribution in [3.8, 4) is 22.3 Å². The van der Waals surface area contributed by atoms with Crippen LogP contribution in [0.5, 0.6) is 0 Å². The first-order valence-corrected chi connectivity index (χ1v) is 7.03. The summed E-state index contributed by atoms with van der Waals surface area (Å²) in [7, 11) is 0. The molecule has 5 nitrogen and oxygen atoms in total. The average Bonchev–Trinajstić information content (AvgIpc) is 2.62. The topological polar surface area (TPSA) is 83.3 Å². The molecule has 5 heteroatoms. The van der Waals surface area contributed by atoms with Crippen LogP contribution in [0.25, 0.3) is 22.3 Å². The molecule has 3 aromatic rings. The molecule has 1 unspecified atom stereocenters. The lowest BCUT2D eigenvalue weighted by Crippen LogP contribution is -2.12. The highest BCUT2D eigenvalue weighted by Gasteiger charge is 2.22. The van der Waals surface area contributed by atoms with Gasteiger partial charge in [0.15, 0.2) is 6.10 Å². The van der Waals surface area contributed by atoms with Gasteiger partial charge in [-0.25, -0.2) is 4.79 Å². The van der Waals surface area contributed by atoms with Crippen LogP contribution < -0.4 is 0 Å². The Morgan fingerprint density at radius 2 is 1.43 bits per heavy atom. The molecule has 23 heavy (non-hydrogen) atoms. The monoisotopic (exact) mass is 306 g/mol. The van der Waals surface area contributed by atoms with E-state index in [1.54, 1.807) is 49.1 Å². The molecular formula is C18H14N2O3. The third kappa shape index (κ3) is 2.95. The number of hydrogen-bond acceptors (Lipinski definition) is 4. The van der Waals surface area contributed by atoms with Crippen molar-refractivity contribution in [1.29, 1.82) is 0 Å². The SMILES string of the molecule is O=C(O)C(O)c1cccc(-c2ccncc2)c1-c1ccncc1. The second-order valence-corrected chi connectivity index (χ2v) is 4.98. The number of aliphatic carboxylic acids is 1. The van der Waals surface area contributed by atoms with Crippen molar-refractivity contribution in [1.82, 2.24) is 9.97 Å². The van der Waals surface area contributed by atoms with Gasteiger partial charge in [-0.3, -0.25) is 9.97 Å². The Hall–Kier alpha value is -3.05. The third-order valence-corrected chi connectivity index (χ3v) is 3.59. The van der Waals surface area contributed by atoms with E-state index in [0.29, 0.717) is 11.1 Å². The summed E-state index contributed by atoms with van der Waals surface area (Å²) in [5.41, 5.74) is 3.54. The van der Waals surface area contributed by atoms with Crippen LogP contribution in [-0.2, 0) is 4.79 Å². The highest BCUT2D eigenvalue weighted by Crippen LogP contribution is 2.37. The van der Waals surface area contributed by atoms with Gasteiger partial charge < -0.3 is 10.2 Å². The minimum atomic E-state index is -1.60. The predicted molar refractivity (Wildman–Crippen MR) is 85.5 cm³/mol. The Kier molecular flexibility index (Phi) is 4.12. The summed E-state index contributed by atoms with van der Waals surface area (Å²) in [6.45, 7) is 0. The van der Waals surface area contributed by atoms with Crippen LogP contribution in [0, 0.1) is 0 Å². The van der Waals surface area contributed by atoms with E-state index in [4.69, 9.17) is 0 Å². The fourth-order valence-corrected chi connectivity index (χ4v) is 2.54. The van der Waals surface area contributed by atoms with Crippen molar-refractivity contribution in [2.45, 2.75) is 6.10 Å². The van der Waals surface area contributed by atoms with Gasteiger partial charge in [0.05, 0.1) is 0 Å². The number of carboxylic acid groups (broad SMARTS) is 1. The second kappa shape index (κ2) is 6.37. The first-order valence-electron chi connectivity index (χ1n) is 7.03. The van der Waals surface area contributed by atoms with Crippen LogP contribution >= 0.6 is 0 Å². The maximum atomic E-state index is 11.3. The van der Waals surface area contributed by atoms with Crippen LogP contribution in [0.3, 0.4) is 0 Å². The highest BCUT2D eigenvalue weighted by molar-refractivity contribution is 5.89. The molecule has 2 N–H and O–H groups in total. The lowest BCUT2D eigenvalue weighted by atomic mass is 9.89. The highest BCUT2D eigenvalue weighted by atomic mass is 16.4. The summed E-state index contributed by atoms with van der Waals surface area (Å²) >= 11 is 0. The van der Waals surface area contributed by atoms with Gasteiger partial charge in [-0.15, -0.1) is 0 Å². The van der Waals surface area contributed by atoms with Crippen LogP contribution in [0.4, 0.5) is 0 Å². The molecule has 2 aromatic heterocycles. The number of aliphatic hydroxyl groups excluding tert-OH is 1. The Balaban J connectivity index is 2.29. The molecule has 0 radical (unpaired) electrons. The molecule has 0 aliphatic carbocycles. The summed E-state index contributed by atoms with van der Waals surface area (Å²) in [6.07, 6.45) is 5.02. The van der Waals surface area contributed by atoms with Gasteiger partial charge in [-0.05, 0) is 46.5 Å². The second-order valence-electron chi connectivity index (χ2n) is 4.98. The van der Waals surface area contributed by atoms with Crippen molar-refractivity contribution < 1.29 is 15.0 Å². The van der Waals surface area contributed by atoms with Gasteiger partial charge in [0, 0.05) is 30.4 Å². The Morgan fingerprint density at radius 1 is 0.870 bits per heavy atom. The van der Waals surface area contributed by atoms with Crippen molar-refractivity contribution in [3.63, 3.8) is 0 Å². The molecule has 0 bridgehead atoms. The Labute approximate surface area is 132 Å². The smallest absolute Gasteiger partial charge is 0.337 e. The molecular weight excluding hydrogens is 292 g/mol. The maximum Gasteiger partial charge on any atom is 0.337 e. The van der Waals surface area contributed by atoms with Gasteiger partial charge in [-0.2, -0.15) is 0 Å². The number of rotatable bonds is 4. The van der Waals surface area contributed by atoms with E-state index in [1.807, 2.05) is 18.2 Å². The molecule has 1 aromatic carbocycles. The van der Waals surface area contributed by atoms with Gasteiger partial charge in [-0.1, -0.05) is 18.2 Å². The van der Waals surface area contributed by atoms with Crippen molar-refractivity contribution in [2.75, 3.05) is 0 Å². The first kappa shape index (κ1) is 14.9. The summed E-state index contributed by atoms with van der Waals surface area (Å²) in [6, 6.07) is 12.5. The number of benzene rings is 1. The van der Waals surface area contributed by atoms with E-state index in [-0.39, 0.29) is 0 Å². The molecule has 0 spiro atoms. The summed E-state index contributed by atoms with van der Waals surface area (Å²) in [5, 5.41) is 19.3. The van der Waals surface area contributed by atoms with E-state index in [9.17, 15) is 15.0 Å². The molecule has 0 aliphatic rings. The fourth-order valence-electron chi connectivity index (χ4n) is 2.54. The maximum absolute atomic E-state index is 11.3. The molecule has 0 fully saturated rings. The van der Waals surface area contributed by atoms with Crippen LogP contribution in [0.2, 0.25) is 0 Å². The zero-order chi connectivity index (χ0) is 16.2. The summed E-state index contributed by atoms with van der Waals surface area (Å²) in [4.78, 5) is 19.3. The summed E-state index contributed by atoms with van der Waals surface area (Å²) in [5.74, 6) is -1.29. The van der Waals surface area contributed by atoms with Crippen molar-refractivity contribution >= 4 is 5.97 Å². The van der Waals surface area contributed by atoms with Crippen LogP contribution in [0.15, 0.2) is 67.3 Å². The molecule has 0 saturated carbocycles. The number of hydrogen-bond donors (Lipinski definition) is 2. The van der Waals surface area contributed by atoms with E-state index in [2.05, 4.69) is 9.97 Å². The number of carboxylic acids is 1. The van der Waals surface area contributed by atoms with Gasteiger partial charge in [0.2, 0.25) is 0 Å². The molecule has 0 aliphatic heterocycles. The first-order chi connectivity index (χ1) is 11.2. The molecule has 0 saturated heterocycles. The van der Waals surface area contributed by atoms with Gasteiger partial charge in [0.25, 0.3) is 0 Å². The van der Waals surface area contributed by atoms with E-state index >= 15 is 0 Å². The van der Waals surface area contributed by atoms with E-state index in [0.717, 1.165) is 16.7 Å². The zero-order valence-electron chi connectivity index (χ0n) is 12.1. The quantitative estimate of drug-likeness (QED) is 0.774. The fraction of sp³-hybridized carbons (Fsp3) is 0.0556. The number of aromatic nitrogens is 2. The minimum Gasteiger partial charge on any atom is -0.479 e. The van der Waals surface area contributed by atoms with E-state index < -0.39 is 12.1 Å². The Morgan fingerprint density at radius 3 is 2.00 bits per heavy atom. The van der Waals surface area contributed by atoms with Gasteiger partial charge in [0.1, 0.15) is 0 Å². The van der Waals surface area contributed by atoms with Crippen LogP contribution in [-0.4, -0.2) is 26.2 Å². The van der Waals surface area contributed by atoms with Crippen molar-refractivity contribution in [2.24, 2.45) is 0 Å².